The summed E-state index contributed by atoms with van der Waals surface area (Å²) in [5, 5.41) is 0. The molecule has 0 aromatic carbocycles. The molecule has 0 amide bonds. The van der Waals surface area contributed by atoms with Crippen LogP contribution in [-0.2, 0) is 19.2 Å². The third-order valence-corrected chi connectivity index (χ3v) is 0. The third kappa shape index (κ3) is 114. The predicted molar refractivity (Wildman–Crippen MR) is 8.86 cm³/mol. The third-order valence-electron chi connectivity index (χ3n) is 0. The first-order valence-corrected chi connectivity index (χ1v) is 8.94. The molecule has 0 spiro atoms. The largest absolute Gasteiger partial charge is 1.00 e. The van der Waals surface area contributed by atoms with Crippen molar-refractivity contribution in [1.29, 1.82) is 0 Å². The van der Waals surface area contributed by atoms with Crippen LogP contribution in [0.4, 0.5) is 21.0 Å². The minimum Gasteiger partial charge on any atom is 1.00 e. The Kier molecular flexibility index (Phi) is 12.2. The molecule has 0 fully saturated rings. The molecule has 0 aromatic rings. The molecule has 0 aliphatic carbocycles. The van der Waals surface area contributed by atoms with Crippen LogP contribution in [0.3, 0.4) is 0 Å². The molecule has 0 aliphatic rings. The van der Waals surface area contributed by atoms with E-state index in [1.807, 2.05) is 0 Å². The van der Waals surface area contributed by atoms with E-state index in [4.69, 9.17) is 0 Å². The van der Waals surface area contributed by atoms with Crippen molar-refractivity contribution >= 4 is 0 Å². The van der Waals surface area contributed by atoms with Crippen LogP contribution in [0.2, 0.25) is 0 Å². The molecular formula is F8K4Zr. The normalized spacial score (nSPS) is 21.5. The Labute approximate surface area is 237 Å². The molecule has 0 saturated heterocycles. The van der Waals surface area contributed by atoms with Gasteiger partial charge in [-0.3, -0.25) is 0 Å². The zero-order chi connectivity index (χ0) is 8.35. The zero-order valence-electron chi connectivity index (χ0n) is 7.52. The van der Waals surface area contributed by atoms with E-state index in [2.05, 4.69) is 0 Å². The second kappa shape index (κ2) is 4.96. The molecule has 13 heteroatoms. The summed E-state index contributed by atoms with van der Waals surface area (Å²) in [6, 6.07) is 0. The smallest absolute Gasteiger partial charge is 1.00 e. The van der Waals surface area contributed by atoms with E-state index in [9.17, 15) is 21.0 Å². The summed E-state index contributed by atoms with van der Waals surface area (Å²) in [4.78, 5) is 0. The van der Waals surface area contributed by atoms with Gasteiger partial charge in [0.15, 0.2) is 0 Å². The first-order chi connectivity index (χ1) is 2.83. The van der Waals surface area contributed by atoms with E-state index in [0.717, 1.165) is 0 Å². The average Bonchev–Trinajstić information content (AvgIpc) is 0.503. The van der Waals surface area contributed by atoms with Crippen LogP contribution in [0.1, 0.15) is 0 Å². The Morgan fingerprint density at radius 2 is 0.385 bits per heavy atom. The van der Waals surface area contributed by atoms with Crippen molar-refractivity contribution in [2.75, 3.05) is 0 Å². The van der Waals surface area contributed by atoms with Crippen LogP contribution in [0.5, 0.6) is 0 Å². The molecular weight excluding hydrogens is 400 g/mol. The molecule has 0 N–H and O–H groups in total. The Balaban J connectivity index is -0.0000000533. The molecule has 0 bridgehead atoms. The average molecular weight is 400 g/mol. The fraction of sp³-hybridized carbons (Fsp3) is 0. The van der Waals surface area contributed by atoms with Gasteiger partial charge in [-0.1, -0.05) is 0 Å². The van der Waals surface area contributed by atoms with Gasteiger partial charge in [-0.2, -0.15) is 0 Å². The maximum absolute atomic E-state index is 15.4. The van der Waals surface area contributed by atoms with Crippen molar-refractivity contribution in [3.63, 3.8) is 0 Å². The standard InChI is InChI=1S/8FH.4K.Zr/h8*1H;;;;;/q;;;;;;;;4*+1;+4/p-8. The number of rotatable bonds is 0. The second-order valence-electron chi connectivity index (χ2n) is 2.00. The van der Waals surface area contributed by atoms with E-state index < -0.39 is 19.2 Å². The van der Waals surface area contributed by atoms with E-state index >= 15 is 0 Å². The zero-order valence-corrected chi connectivity index (χ0v) is 22.5. The molecule has 0 atom stereocenters. The van der Waals surface area contributed by atoms with Gasteiger partial charge in [-0.05, 0) is 0 Å². The van der Waals surface area contributed by atoms with Crippen LogP contribution >= 0.6 is 0 Å². The fourth-order valence-electron chi connectivity index (χ4n) is 0. The van der Waals surface area contributed by atoms with Gasteiger partial charge < -0.3 is 0 Å². The molecule has 0 saturated carbocycles. The van der Waals surface area contributed by atoms with Crippen LogP contribution in [0, 0.1) is 0 Å². The van der Waals surface area contributed by atoms with Gasteiger partial charge in [-0.25, -0.2) is 0 Å². The molecule has 0 rings (SSSR count). The topological polar surface area (TPSA) is 0 Å². The number of hydrogen-bond donors (Lipinski definition) is 0. The minimum absolute atomic E-state index is 0. The van der Waals surface area contributed by atoms with Crippen molar-refractivity contribution in [1.82, 2.24) is 0 Å². The van der Waals surface area contributed by atoms with Crippen LogP contribution < -0.4 is 206 Å². The van der Waals surface area contributed by atoms with E-state index in [-0.39, 0.29) is 206 Å². The Hall–Kier alpha value is 6.87. The molecule has 0 unspecified atom stereocenters. The van der Waals surface area contributed by atoms with Gasteiger partial charge in [0, 0.05) is 0 Å². The molecule has 0 aromatic heterocycles. The second-order valence-corrected chi connectivity index (χ2v) is 11.8. The SMILES string of the molecule is [F][Zr-4]([F])([F])([F])([F])([F])([F])[F].[K+].[K+].[K+].[K+]. The van der Waals surface area contributed by atoms with Crippen LogP contribution in [-0.4, -0.2) is 0 Å². The van der Waals surface area contributed by atoms with Crippen molar-refractivity contribution in [3.8, 4) is 0 Å². The molecule has 0 aliphatic heterocycles. The van der Waals surface area contributed by atoms with Gasteiger partial charge in [0.2, 0.25) is 0 Å². The molecule has 0 heterocycles. The Morgan fingerprint density at radius 1 is 0.385 bits per heavy atom. The molecule has 13 heavy (non-hydrogen) atoms. The minimum atomic E-state index is -15.4. The summed E-state index contributed by atoms with van der Waals surface area (Å²) >= 11 is -15.4. The molecule has 0 nitrogen and oxygen atoms in total. The molecule has 0 radical (unpaired) electrons. The maximum atomic E-state index is 9.95. The van der Waals surface area contributed by atoms with Crippen molar-refractivity contribution in [2.45, 2.75) is 0 Å². The van der Waals surface area contributed by atoms with Gasteiger partial charge in [0.25, 0.3) is 0 Å². The summed E-state index contributed by atoms with van der Waals surface area (Å²) in [6.07, 6.45) is 0. The summed E-state index contributed by atoms with van der Waals surface area (Å²) in [5.74, 6) is 0. The first kappa shape index (κ1) is 32.0. The van der Waals surface area contributed by atoms with Gasteiger partial charge in [0.05, 0.1) is 0 Å². The van der Waals surface area contributed by atoms with Crippen molar-refractivity contribution < 1.29 is 246 Å². The van der Waals surface area contributed by atoms with Crippen LogP contribution in [0.25, 0.3) is 0 Å². The van der Waals surface area contributed by atoms with Crippen molar-refractivity contribution in [3.05, 3.63) is 0 Å². The van der Waals surface area contributed by atoms with E-state index in [1.165, 1.54) is 0 Å². The van der Waals surface area contributed by atoms with Crippen LogP contribution in [0.15, 0.2) is 0 Å². The van der Waals surface area contributed by atoms with Gasteiger partial charge >= 0.3 is 246 Å². The summed E-state index contributed by atoms with van der Waals surface area (Å²) in [6.45, 7) is 0. The Bertz CT molecular complexity index is 151. The summed E-state index contributed by atoms with van der Waals surface area (Å²) in [5.41, 5.74) is 0. The quantitative estimate of drug-likeness (QED) is 0.280. The van der Waals surface area contributed by atoms with Gasteiger partial charge in [-0.15, -0.1) is 0 Å². The van der Waals surface area contributed by atoms with Gasteiger partial charge in [0.1, 0.15) is 0 Å². The van der Waals surface area contributed by atoms with E-state index in [0.29, 0.717) is 0 Å². The summed E-state index contributed by atoms with van der Waals surface area (Å²) in [7, 11) is 0. The predicted octanol–water partition coefficient (Wildman–Crippen LogP) is -8.62. The first-order valence-electron chi connectivity index (χ1n) is 1.51. The number of halogens is 8. The fourth-order valence-corrected chi connectivity index (χ4v) is 0. The van der Waals surface area contributed by atoms with E-state index in [1.54, 1.807) is 0 Å². The molecule has 64 valence electrons. The Morgan fingerprint density at radius 3 is 0.385 bits per heavy atom. The monoisotopic (exact) mass is 398 g/mol. The number of hydrogen-bond acceptors (Lipinski definition) is 0. The maximum Gasteiger partial charge on any atom is 1.00 e. The summed E-state index contributed by atoms with van der Waals surface area (Å²) < 4.78 is 79.6. The van der Waals surface area contributed by atoms with Crippen molar-refractivity contribution in [2.24, 2.45) is 0 Å².